The summed E-state index contributed by atoms with van der Waals surface area (Å²) in [5.74, 6) is -0.197. The van der Waals surface area contributed by atoms with Crippen molar-refractivity contribution in [2.45, 2.75) is 51.2 Å². The first kappa shape index (κ1) is 17.9. The maximum Gasteiger partial charge on any atom is 0.245 e. The van der Waals surface area contributed by atoms with Crippen LogP contribution in [0.5, 0.6) is 0 Å². The summed E-state index contributed by atoms with van der Waals surface area (Å²) in [7, 11) is 0. The molecule has 0 bridgehead atoms. The zero-order valence-electron chi connectivity index (χ0n) is 14.9. The van der Waals surface area contributed by atoms with E-state index in [4.69, 9.17) is 0 Å². The monoisotopic (exact) mass is 347 g/mol. The number of halogens is 1. The Morgan fingerprint density at radius 1 is 1.20 bits per heavy atom. The molecule has 6 heteroatoms. The zero-order valence-corrected chi connectivity index (χ0v) is 14.9. The van der Waals surface area contributed by atoms with E-state index in [1.807, 2.05) is 17.0 Å². The zero-order chi connectivity index (χ0) is 18.0. The molecule has 3 atom stereocenters. The summed E-state index contributed by atoms with van der Waals surface area (Å²) >= 11 is 0. The van der Waals surface area contributed by atoms with E-state index in [0.717, 1.165) is 18.5 Å². The normalized spacial score (nSPS) is 27.4. The van der Waals surface area contributed by atoms with Crippen molar-refractivity contribution in [1.29, 1.82) is 0 Å². The van der Waals surface area contributed by atoms with Gasteiger partial charge in [-0.1, -0.05) is 12.1 Å². The molecule has 25 heavy (non-hydrogen) atoms. The van der Waals surface area contributed by atoms with Crippen LogP contribution in [-0.2, 0) is 16.0 Å². The molecule has 136 valence electrons. The SMILES string of the molecule is CC1CN(C(=O)C2CCC(=O)N2)CC(C)N1CCc1ccc(F)cc1. The maximum atomic E-state index is 13.0. The van der Waals surface area contributed by atoms with E-state index in [1.165, 1.54) is 12.1 Å². The Balaban J connectivity index is 1.55. The molecule has 1 N–H and O–H groups in total. The van der Waals surface area contributed by atoms with Crippen molar-refractivity contribution in [2.75, 3.05) is 19.6 Å². The molecular weight excluding hydrogens is 321 g/mol. The molecule has 2 aliphatic rings. The van der Waals surface area contributed by atoms with E-state index in [2.05, 4.69) is 24.1 Å². The van der Waals surface area contributed by atoms with Crippen LogP contribution >= 0.6 is 0 Å². The number of nitrogens with one attached hydrogen (secondary N) is 1. The summed E-state index contributed by atoms with van der Waals surface area (Å²) in [6, 6.07) is 6.80. The van der Waals surface area contributed by atoms with E-state index >= 15 is 0 Å². The number of benzene rings is 1. The molecule has 5 nitrogen and oxygen atoms in total. The van der Waals surface area contributed by atoms with Gasteiger partial charge >= 0.3 is 0 Å². The molecule has 2 heterocycles. The van der Waals surface area contributed by atoms with E-state index < -0.39 is 0 Å². The number of carbonyl (C=O) groups is 2. The van der Waals surface area contributed by atoms with Gasteiger partial charge in [-0.25, -0.2) is 4.39 Å². The molecular formula is C19H26FN3O2. The van der Waals surface area contributed by atoms with Gasteiger partial charge in [0, 0.05) is 38.1 Å². The fourth-order valence-corrected chi connectivity index (χ4v) is 3.91. The van der Waals surface area contributed by atoms with Gasteiger partial charge in [-0.05, 0) is 44.4 Å². The third-order valence-corrected chi connectivity index (χ3v) is 5.28. The lowest BCUT2D eigenvalue weighted by Crippen LogP contribution is -2.60. The van der Waals surface area contributed by atoms with Crippen LogP contribution in [0.2, 0.25) is 0 Å². The average Bonchev–Trinajstić information content (AvgIpc) is 3.01. The second-order valence-electron chi connectivity index (χ2n) is 7.21. The van der Waals surface area contributed by atoms with Crippen molar-refractivity contribution in [3.8, 4) is 0 Å². The van der Waals surface area contributed by atoms with Crippen LogP contribution < -0.4 is 5.32 Å². The predicted molar refractivity (Wildman–Crippen MR) is 93.5 cm³/mol. The van der Waals surface area contributed by atoms with Crippen LogP contribution in [-0.4, -0.2) is 59.4 Å². The molecule has 0 aromatic heterocycles. The summed E-state index contributed by atoms with van der Waals surface area (Å²) in [6.45, 7) is 6.51. The molecule has 2 fully saturated rings. The lowest BCUT2D eigenvalue weighted by atomic mass is 10.0. The molecule has 2 aliphatic heterocycles. The highest BCUT2D eigenvalue weighted by molar-refractivity contribution is 5.90. The lowest BCUT2D eigenvalue weighted by molar-refractivity contribution is -0.138. The number of amides is 2. The fourth-order valence-electron chi connectivity index (χ4n) is 3.91. The largest absolute Gasteiger partial charge is 0.344 e. The first-order chi connectivity index (χ1) is 11.9. The van der Waals surface area contributed by atoms with Crippen LogP contribution in [0, 0.1) is 5.82 Å². The van der Waals surface area contributed by atoms with Crippen molar-refractivity contribution >= 4 is 11.8 Å². The molecule has 0 saturated carbocycles. The second kappa shape index (κ2) is 7.52. The van der Waals surface area contributed by atoms with Gasteiger partial charge in [0.2, 0.25) is 11.8 Å². The number of nitrogens with zero attached hydrogens (tertiary/aromatic N) is 2. The van der Waals surface area contributed by atoms with Gasteiger partial charge in [0.05, 0.1) is 0 Å². The van der Waals surface area contributed by atoms with Crippen LogP contribution in [0.15, 0.2) is 24.3 Å². The molecule has 3 unspecified atom stereocenters. The molecule has 3 rings (SSSR count). The maximum absolute atomic E-state index is 13.0. The Morgan fingerprint density at radius 3 is 2.40 bits per heavy atom. The van der Waals surface area contributed by atoms with Crippen LogP contribution in [0.3, 0.4) is 0 Å². The minimum absolute atomic E-state index is 0.0302. The van der Waals surface area contributed by atoms with Crippen LogP contribution in [0.25, 0.3) is 0 Å². The van der Waals surface area contributed by atoms with Crippen molar-refractivity contribution in [1.82, 2.24) is 15.1 Å². The third-order valence-electron chi connectivity index (χ3n) is 5.28. The molecule has 2 saturated heterocycles. The quantitative estimate of drug-likeness (QED) is 0.899. The molecule has 1 aromatic carbocycles. The first-order valence-corrected chi connectivity index (χ1v) is 9.02. The molecule has 0 spiro atoms. The first-order valence-electron chi connectivity index (χ1n) is 9.02. The van der Waals surface area contributed by atoms with Crippen LogP contribution in [0.1, 0.15) is 32.3 Å². The fraction of sp³-hybridized carbons (Fsp3) is 0.579. The van der Waals surface area contributed by atoms with Crippen molar-refractivity contribution in [2.24, 2.45) is 0 Å². The minimum Gasteiger partial charge on any atom is -0.344 e. The van der Waals surface area contributed by atoms with Gasteiger partial charge in [0.25, 0.3) is 0 Å². The number of hydrogen-bond donors (Lipinski definition) is 1. The summed E-state index contributed by atoms with van der Waals surface area (Å²) in [4.78, 5) is 28.3. The molecule has 0 aliphatic carbocycles. The summed E-state index contributed by atoms with van der Waals surface area (Å²) < 4.78 is 13.0. The number of rotatable bonds is 4. The van der Waals surface area contributed by atoms with E-state index in [0.29, 0.717) is 25.9 Å². The number of carbonyl (C=O) groups excluding carboxylic acids is 2. The Bertz CT molecular complexity index is 622. The Kier molecular flexibility index (Phi) is 5.37. The molecule has 2 amide bonds. The van der Waals surface area contributed by atoms with Gasteiger partial charge in [0.1, 0.15) is 11.9 Å². The second-order valence-corrected chi connectivity index (χ2v) is 7.21. The predicted octanol–water partition coefficient (Wildman–Crippen LogP) is 1.57. The number of hydrogen-bond acceptors (Lipinski definition) is 3. The van der Waals surface area contributed by atoms with Crippen molar-refractivity contribution < 1.29 is 14.0 Å². The van der Waals surface area contributed by atoms with Crippen molar-refractivity contribution in [3.63, 3.8) is 0 Å². The molecule has 1 aromatic rings. The van der Waals surface area contributed by atoms with E-state index in [-0.39, 0.29) is 35.8 Å². The van der Waals surface area contributed by atoms with E-state index in [1.54, 1.807) is 0 Å². The van der Waals surface area contributed by atoms with Crippen LogP contribution in [0.4, 0.5) is 4.39 Å². The topological polar surface area (TPSA) is 52.7 Å². The highest BCUT2D eigenvalue weighted by atomic mass is 19.1. The van der Waals surface area contributed by atoms with Gasteiger partial charge in [0.15, 0.2) is 0 Å². The Morgan fingerprint density at radius 2 is 1.84 bits per heavy atom. The number of piperazine rings is 1. The van der Waals surface area contributed by atoms with Gasteiger partial charge in [-0.3, -0.25) is 14.5 Å². The summed E-state index contributed by atoms with van der Waals surface area (Å²) in [5.41, 5.74) is 1.12. The Labute approximate surface area is 148 Å². The van der Waals surface area contributed by atoms with Gasteiger partial charge in [-0.15, -0.1) is 0 Å². The van der Waals surface area contributed by atoms with Gasteiger partial charge in [-0.2, -0.15) is 0 Å². The highest BCUT2D eigenvalue weighted by Crippen LogP contribution is 2.19. The van der Waals surface area contributed by atoms with Crippen molar-refractivity contribution in [3.05, 3.63) is 35.6 Å². The summed E-state index contributed by atoms with van der Waals surface area (Å²) in [5, 5.41) is 2.77. The van der Waals surface area contributed by atoms with E-state index in [9.17, 15) is 14.0 Å². The molecule has 0 radical (unpaired) electrons. The third kappa shape index (κ3) is 4.18. The smallest absolute Gasteiger partial charge is 0.245 e. The van der Waals surface area contributed by atoms with Gasteiger partial charge < -0.3 is 10.2 Å². The summed E-state index contributed by atoms with van der Waals surface area (Å²) in [6.07, 6.45) is 1.91. The standard InChI is InChI=1S/C19H26FN3O2/c1-13-11-22(19(25)17-7-8-18(24)21-17)12-14(2)23(13)10-9-15-3-5-16(20)6-4-15/h3-6,13-14,17H,7-12H2,1-2H3,(H,21,24). The minimum atomic E-state index is -0.349. The average molecular weight is 347 g/mol. The highest BCUT2D eigenvalue weighted by Gasteiger charge is 2.36. The lowest BCUT2D eigenvalue weighted by Gasteiger charge is -2.45. The Hall–Kier alpha value is -1.95.